The third-order valence-corrected chi connectivity index (χ3v) is 3.15. The number of nitrogens with two attached hydrogens (primary N) is 1. The highest BCUT2D eigenvalue weighted by molar-refractivity contribution is 5.22. The van der Waals surface area contributed by atoms with Gasteiger partial charge in [0.05, 0.1) is 5.69 Å². The standard InChI is InChI=1S/C14H19N3/c1-11-3-5-12(6-4-11)7-8-14-16-10-13(9-15)17(14)2/h3-6,10H,7-9,15H2,1-2H3. The van der Waals surface area contributed by atoms with E-state index < -0.39 is 0 Å². The minimum Gasteiger partial charge on any atom is -0.334 e. The van der Waals surface area contributed by atoms with Crippen molar-refractivity contribution < 1.29 is 0 Å². The summed E-state index contributed by atoms with van der Waals surface area (Å²) in [5.41, 5.74) is 9.37. The topological polar surface area (TPSA) is 43.8 Å². The first-order chi connectivity index (χ1) is 8.20. The molecule has 2 N–H and O–H groups in total. The first-order valence-corrected chi connectivity index (χ1v) is 5.96. The van der Waals surface area contributed by atoms with Crippen LogP contribution in [-0.2, 0) is 26.4 Å². The van der Waals surface area contributed by atoms with Gasteiger partial charge >= 0.3 is 0 Å². The van der Waals surface area contributed by atoms with Gasteiger partial charge in [-0.3, -0.25) is 0 Å². The van der Waals surface area contributed by atoms with Crippen molar-refractivity contribution in [1.82, 2.24) is 9.55 Å². The van der Waals surface area contributed by atoms with Gasteiger partial charge in [-0.25, -0.2) is 4.98 Å². The van der Waals surface area contributed by atoms with E-state index in [9.17, 15) is 0 Å². The molecule has 3 nitrogen and oxygen atoms in total. The van der Waals surface area contributed by atoms with Crippen LogP contribution in [0.1, 0.15) is 22.6 Å². The molecule has 0 aliphatic heterocycles. The Hall–Kier alpha value is -1.61. The molecule has 0 radical (unpaired) electrons. The summed E-state index contributed by atoms with van der Waals surface area (Å²) < 4.78 is 2.09. The van der Waals surface area contributed by atoms with Crippen molar-refractivity contribution in [2.75, 3.05) is 0 Å². The summed E-state index contributed by atoms with van der Waals surface area (Å²) in [5, 5.41) is 0. The number of benzene rings is 1. The summed E-state index contributed by atoms with van der Waals surface area (Å²) in [6, 6.07) is 8.67. The lowest BCUT2D eigenvalue weighted by Gasteiger charge is -2.05. The largest absolute Gasteiger partial charge is 0.334 e. The summed E-state index contributed by atoms with van der Waals surface area (Å²) >= 11 is 0. The highest BCUT2D eigenvalue weighted by Gasteiger charge is 2.05. The van der Waals surface area contributed by atoms with Crippen LogP contribution in [0.4, 0.5) is 0 Å². The average molecular weight is 229 g/mol. The normalized spacial score (nSPS) is 10.8. The number of nitrogens with zero attached hydrogens (tertiary/aromatic N) is 2. The van der Waals surface area contributed by atoms with Crippen molar-refractivity contribution in [3.63, 3.8) is 0 Å². The van der Waals surface area contributed by atoms with Crippen LogP contribution in [0.2, 0.25) is 0 Å². The van der Waals surface area contributed by atoms with Crippen LogP contribution >= 0.6 is 0 Å². The van der Waals surface area contributed by atoms with Gasteiger partial charge in [-0.05, 0) is 18.9 Å². The van der Waals surface area contributed by atoms with E-state index in [2.05, 4.69) is 40.7 Å². The van der Waals surface area contributed by atoms with Gasteiger partial charge in [0, 0.05) is 26.2 Å². The van der Waals surface area contributed by atoms with Crippen molar-refractivity contribution in [2.24, 2.45) is 12.8 Å². The molecular formula is C14H19N3. The van der Waals surface area contributed by atoms with Crippen molar-refractivity contribution in [2.45, 2.75) is 26.3 Å². The van der Waals surface area contributed by atoms with Crippen molar-refractivity contribution in [3.8, 4) is 0 Å². The first kappa shape index (κ1) is 11.9. The maximum Gasteiger partial charge on any atom is 0.108 e. The van der Waals surface area contributed by atoms with Crippen molar-refractivity contribution in [1.29, 1.82) is 0 Å². The summed E-state index contributed by atoms with van der Waals surface area (Å²) in [6.45, 7) is 2.66. The van der Waals surface area contributed by atoms with Gasteiger partial charge < -0.3 is 10.3 Å². The van der Waals surface area contributed by atoms with Crippen molar-refractivity contribution >= 4 is 0 Å². The number of rotatable bonds is 4. The molecule has 0 bridgehead atoms. The predicted octanol–water partition coefficient (Wildman–Crippen LogP) is 1.97. The number of aromatic nitrogens is 2. The molecule has 0 atom stereocenters. The first-order valence-electron chi connectivity index (χ1n) is 5.96. The van der Waals surface area contributed by atoms with Gasteiger partial charge in [-0.1, -0.05) is 29.8 Å². The van der Waals surface area contributed by atoms with Crippen LogP contribution in [0.5, 0.6) is 0 Å². The quantitative estimate of drug-likeness (QED) is 0.871. The minimum atomic E-state index is 0.550. The van der Waals surface area contributed by atoms with E-state index in [-0.39, 0.29) is 0 Å². The van der Waals surface area contributed by atoms with E-state index >= 15 is 0 Å². The molecule has 0 aliphatic rings. The molecule has 3 heteroatoms. The van der Waals surface area contributed by atoms with Crippen LogP contribution in [0, 0.1) is 6.92 Å². The zero-order chi connectivity index (χ0) is 12.3. The van der Waals surface area contributed by atoms with E-state index in [4.69, 9.17) is 5.73 Å². The Balaban J connectivity index is 2.02. The maximum atomic E-state index is 5.63. The lowest BCUT2D eigenvalue weighted by Crippen LogP contribution is -2.07. The smallest absolute Gasteiger partial charge is 0.108 e. The lowest BCUT2D eigenvalue weighted by molar-refractivity contribution is 0.735. The highest BCUT2D eigenvalue weighted by Crippen LogP contribution is 2.09. The molecule has 1 aromatic carbocycles. The van der Waals surface area contributed by atoms with Gasteiger partial charge in [0.2, 0.25) is 0 Å². The fraction of sp³-hybridized carbons (Fsp3) is 0.357. The zero-order valence-corrected chi connectivity index (χ0v) is 10.5. The van der Waals surface area contributed by atoms with Crippen LogP contribution in [0.3, 0.4) is 0 Å². The molecule has 1 heterocycles. The molecule has 2 aromatic rings. The SMILES string of the molecule is Cc1ccc(CCc2ncc(CN)n2C)cc1. The Morgan fingerprint density at radius 2 is 1.88 bits per heavy atom. The zero-order valence-electron chi connectivity index (χ0n) is 10.5. The molecule has 90 valence electrons. The van der Waals surface area contributed by atoms with E-state index in [1.54, 1.807) is 0 Å². The summed E-state index contributed by atoms with van der Waals surface area (Å²) in [7, 11) is 2.03. The second-order valence-electron chi connectivity index (χ2n) is 4.41. The van der Waals surface area contributed by atoms with Crippen molar-refractivity contribution in [3.05, 3.63) is 53.1 Å². The number of aryl methyl sites for hydroxylation is 3. The van der Waals surface area contributed by atoms with Gasteiger partial charge in [0.25, 0.3) is 0 Å². The molecule has 1 aromatic heterocycles. The van der Waals surface area contributed by atoms with Gasteiger partial charge in [-0.2, -0.15) is 0 Å². The Morgan fingerprint density at radius 3 is 2.47 bits per heavy atom. The predicted molar refractivity (Wildman–Crippen MR) is 69.7 cm³/mol. The van der Waals surface area contributed by atoms with Crippen LogP contribution < -0.4 is 5.73 Å². The number of imidazole rings is 1. The Morgan fingerprint density at radius 1 is 1.18 bits per heavy atom. The molecule has 0 aliphatic carbocycles. The third-order valence-electron chi connectivity index (χ3n) is 3.15. The molecular weight excluding hydrogens is 210 g/mol. The minimum absolute atomic E-state index is 0.550. The second kappa shape index (κ2) is 5.15. The van der Waals surface area contributed by atoms with Gasteiger partial charge in [0.1, 0.15) is 5.82 Å². The van der Waals surface area contributed by atoms with E-state index in [0.717, 1.165) is 24.4 Å². The van der Waals surface area contributed by atoms with Crippen LogP contribution in [0.25, 0.3) is 0 Å². The third kappa shape index (κ3) is 2.74. The molecule has 0 saturated carbocycles. The summed E-state index contributed by atoms with van der Waals surface area (Å²) in [5.74, 6) is 1.10. The molecule has 17 heavy (non-hydrogen) atoms. The van der Waals surface area contributed by atoms with Gasteiger partial charge in [-0.15, -0.1) is 0 Å². The molecule has 2 rings (SSSR count). The fourth-order valence-corrected chi connectivity index (χ4v) is 1.92. The number of hydrogen-bond acceptors (Lipinski definition) is 2. The maximum absolute atomic E-state index is 5.63. The van der Waals surface area contributed by atoms with E-state index in [1.165, 1.54) is 11.1 Å². The van der Waals surface area contributed by atoms with E-state index in [1.807, 2.05) is 13.2 Å². The Kier molecular flexibility index (Phi) is 3.59. The fourth-order valence-electron chi connectivity index (χ4n) is 1.92. The second-order valence-corrected chi connectivity index (χ2v) is 4.41. The molecule has 0 unspecified atom stereocenters. The number of hydrogen-bond donors (Lipinski definition) is 1. The van der Waals surface area contributed by atoms with E-state index in [0.29, 0.717) is 6.54 Å². The summed E-state index contributed by atoms with van der Waals surface area (Å²) in [4.78, 5) is 4.40. The molecule has 0 fully saturated rings. The van der Waals surface area contributed by atoms with Crippen LogP contribution in [0.15, 0.2) is 30.5 Å². The van der Waals surface area contributed by atoms with Crippen LogP contribution in [-0.4, -0.2) is 9.55 Å². The molecule has 0 spiro atoms. The highest BCUT2D eigenvalue weighted by atomic mass is 15.1. The molecule has 0 saturated heterocycles. The lowest BCUT2D eigenvalue weighted by atomic mass is 10.1. The van der Waals surface area contributed by atoms with Gasteiger partial charge in [0.15, 0.2) is 0 Å². The Labute approximate surface area is 102 Å². The average Bonchev–Trinajstić information content (AvgIpc) is 2.69. The molecule has 0 amide bonds. The summed E-state index contributed by atoms with van der Waals surface area (Å²) in [6.07, 6.45) is 3.85. The monoisotopic (exact) mass is 229 g/mol. The Bertz CT molecular complexity index is 483.